The van der Waals surface area contributed by atoms with Gasteiger partial charge in [-0.1, -0.05) is 12.1 Å². The summed E-state index contributed by atoms with van der Waals surface area (Å²) in [6.45, 7) is 4.76. The van der Waals surface area contributed by atoms with Crippen molar-refractivity contribution in [2.45, 2.75) is 13.0 Å². The van der Waals surface area contributed by atoms with Gasteiger partial charge in [0, 0.05) is 19.2 Å². The molecule has 19 heavy (non-hydrogen) atoms. The summed E-state index contributed by atoms with van der Waals surface area (Å²) in [5.74, 6) is -2.06. The highest BCUT2D eigenvalue weighted by Gasteiger charge is 2.29. The molecule has 0 amide bonds. The van der Waals surface area contributed by atoms with Crippen molar-refractivity contribution >= 4 is 17.0 Å². The van der Waals surface area contributed by atoms with Crippen LogP contribution in [0.5, 0.6) is 0 Å². The second-order valence-electron chi connectivity index (χ2n) is 4.67. The number of rotatable bonds is 3. The van der Waals surface area contributed by atoms with Crippen LogP contribution in [-0.2, 0) is 0 Å². The number of aromatic carboxylic acids is 1. The zero-order valence-electron chi connectivity index (χ0n) is 10.4. The van der Waals surface area contributed by atoms with Crippen LogP contribution < -0.4 is 0 Å². The molecule has 1 aliphatic rings. The number of fused-ring (bicyclic) bond motifs is 1. The maximum Gasteiger partial charge on any atom is 0.338 e. The summed E-state index contributed by atoms with van der Waals surface area (Å²) < 4.78 is 15.2. The Morgan fingerprint density at radius 1 is 1.53 bits per heavy atom. The zero-order chi connectivity index (χ0) is 13.6. The molecule has 1 aromatic carbocycles. The lowest BCUT2D eigenvalue weighted by Crippen LogP contribution is -2.47. The van der Waals surface area contributed by atoms with Crippen molar-refractivity contribution in [3.8, 4) is 0 Å². The molecule has 7 heteroatoms. The number of likely N-dealkylation sites (N-methyl/N-ethyl adjacent to an activating group) is 1. The number of benzene rings is 1. The van der Waals surface area contributed by atoms with Crippen molar-refractivity contribution in [3.63, 3.8) is 0 Å². The fourth-order valence-electron chi connectivity index (χ4n) is 2.35. The predicted molar refractivity (Wildman–Crippen MR) is 65.6 cm³/mol. The number of hydrogen-bond acceptors (Lipinski definition) is 4. The summed E-state index contributed by atoms with van der Waals surface area (Å²) in [5.41, 5.74) is 0.611. The Hall–Kier alpha value is -2.02. The molecule has 0 aliphatic carbocycles. The van der Waals surface area contributed by atoms with Crippen molar-refractivity contribution in [1.29, 1.82) is 0 Å². The van der Waals surface area contributed by atoms with E-state index in [9.17, 15) is 9.18 Å². The fraction of sp³-hybridized carbons (Fsp3) is 0.417. The molecule has 2 aromatic rings. The molecule has 3 rings (SSSR count). The van der Waals surface area contributed by atoms with E-state index in [0.29, 0.717) is 11.0 Å². The second-order valence-corrected chi connectivity index (χ2v) is 4.67. The number of carbonyl (C=O) groups is 1. The van der Waals surface area contributed by atoms with Gasteiger partial charge in [-0.3, -0.25) is 4.90 Å². The Balaban J connectivity index is 2.02. The Morgan fingerprint density at radius 2 is 2.26 bits per heavy atom. The number of aromatic nitrogens is 3. The minimum absolute atomic E-state index is 0.178. The smallest absolute Gasteiger partial charge is 0.338 e. The largest absolute Gasteiger partial charge is 0.478 e. The van der Waals surface area contributed by atoms with Gasteiger partial charge in [-0.25, -0.2) is 13.9 Å². The molecule has 6 nitrogen and oxygen atoms in total. The van der Waals surface area contributed by atoms with Gasteiger partial charge in [0.15, 0.2) is 0 Å². The van der Waals surface area contributed by atoms with Crippen LogP contribution in [0.15, 0.2) is 12.1 Å². The van der Waals surface area contributed by atoms with E-state index in [1.165, 1.54) is 6.07 Å². The van der Waals surface area contributed by atoms with Crippen LogP contribution in [-0.4, -0.2) is 50.6 Å². The van der Waals surface area contributed by atoms with E-state index in [1.807, 2.05) is 0 Å². The van der Waals surface area contributed by atoms with Crippen molar-refractivity contribution in [3.05, 3.63) is 23.5 Å². The Kier molecular flexibility index (Phi) is 2.70. The van der Waals surface area contributed by atoms with Crippen LogP contribution in [0.4, 0.5) is 4.39 Å². The fourth-order valence-corrected chi connectivity index (χ4v) is 2.35. The van der Waals surface area contributed by atoms with Crippen molar-refractivity contribution < 1.29 is 14.3 Å². The van der Waals surface area contributed by atoms with Gasteiger partial charge in [0.05, 0.1) is 17.1 Å². The van der Waals surface area contributed by atoms with Gasteiger partial charge >= 0.3 is 5.97 Å². The zero-order valence-corrected chi connectivity index (χ0v) is 10.4. The number of carboxylic acids is 1. The maximum absolute atomic E-state index is 13.5. The summed E-state index contributed by atoms with van der Waals surface area (Å²) >= 11 is 0. The van der Waals surface area contributed by atoms with E-state index in [2.05, 4.69) is 22.1 Å². The summed E-state index contributed by atoms with van der Waals surface area (Å²) in [6.07, 6.45) is 0. The van der Waals surface area contributed by atoms with Crippen LogP contribution in [0.3, 0.4) is 0 Å². The predicted octanol–water partition coefficient (Wildman–Crippen LogP) is 1.15. The second kappa shape index (κ2) is 4.27. The number of carboxylic acid groups (broad SMARTS) is 1. The third-order valence-corrected chi connectivity index (χ3v) is 3.52. The van der Waals surface area contributed by atoms with Crippen LogP contribution in [0.25, 0.3) is 11.0 Å². The lowest BCUT2D eigenvalue weighted by atomic mass is 10.1. The van der Waals surface area contributed by atoms with Crippen LogP contribution in [0, 0.1) is 5.82 Å². The van der Waals surface area contributed by atoms with Gasteiger partial charge in [0.25, 0.3) is 0 Å². The van der Waals surface area contributed by atoms with E-state index in [0.717, 1.165) is 25.7 Å². The lowest BCUT2D eigenvalue weighted by molar-refractivity contribution is 0.0692. The van der Waals surface area contributed by atoms with Crippen LogP contribution in [0.1, 0.15) is 23.3 Å². The minimum Gasteiger partial charge on any atom is -0.478 e. The first kappa shape index (κ1) is 12.0. The van der Waals surface area contributed by atoms with Gasteiger partial charge in [-0.2, -0.15) is 0 Å². The van der Waals surface area contributed by atoms with E-state index in [1.54, 1.807) is 4.68 Å². The first-order valence-electron chi connectivity index (χ1n) is 6.10. The number of likely N-dealkylation sites (tertiary alicyclic amines) is 1. The van der Waals surface area contributed by atoms with E-state index in [-0.39, 0.29) is 11.6 Å². The minimum atomic E-state index is -1.28. The summed E-state index contributed by atoms with van der Waals surface area (Å²) in [6, 6.07) is 2.61. The molecule has 1 saturated heterocycles. The highest BCUT2D eigenvalue weighted by molar-refractivity contribution is 5.92. The third-order valence-electron chi connectivity index (χ3n) is 3.52. The first-order chi connectivity index (χ1) is 9.10. The van der Waals surface area contributed by atoms with Crippen molar-refractivity contribution in [2.24, 2.45) is 0 Å². The molecule has 1 aliphatic heterocycles. The molecule has 2 heterocycles. The van der Waals surface area contributed by atoms with E-state index in [4.69, 9.17) is 5.11 Å². The normalized spacial score (nSPS) is 16.7. The van der Waals surface area contributed by atoms with Crippen LogP contribution in [0.2, 0.25) is 0 Å². The van der Waals surface area contributed by atoms with Gasteiger partial charge in [-0.05, 0) is 12.6 Å². The molecule has 1 fully saturated rings. The SMILES string of the molecule is CCN1CC(n2nnc3cc(F)c(C(=O)O)cc32)C1. The standard InChI is InChI=1S/C12H13FN4O2/c1-2-16-5-7(6-16)17-11-3-8(12(18)19)9(13)4-10(11)14-15-17/h3-4,7H,2,5-6H2,1H3,(H,18,19). The van der Waals surface area contributed by atoms with Gasteiger partial charge in [0.2, 0.25) is 0 Å². The Labute approximate surface area is 108 Å². The Bertz CT molecular complexity index is 648. The molecule has 100 valence electrons. The molecular formula is C12H13FN4O2. The first-order valence-corrected chi connectivity index (χ1v) is 6.10. The molecule has 1 N–H and O–H groups in total. The highest BCUT2D eigenvalue weighted by atomic mass is 19.1. The number of halogens is 1. The molecule has 0 unspecified atom stereocenters. The van der Waals surface area contributed by atoms with Crippen molar-refractivity contribution in [2.75, 3.05) is 19.6 Å². The average molecular weight is 264 g/mol. The lowest BCUT2D eigenvalue weighted by Gasteiger charge is -2.38. The topological polar surface area (TPSA) is 71.2 Å². The molecule has 0 bridgehead atoms. The third kappa shape index (κ3) is 1.86. The molecule has 0 spiro atoms. The molecule has 0 atom stereocenters. The average Bonchev–Trinajstić information content (AvgIpc) is 2.69. The van der Waals surface area contributed by atoms with E-state index < -0.39 is 11.8 Å². The summed E-state index contributed by atoms with van der Waals surface area (Å²) in [5, 5.41) is 16.8. The molecular weight excluding hydrogens is 251 g/mol. The number of hydrogen-bond donors (Lipinski definition) is 1. The molecule has 1 aromatic heterocycles. The highest BCUT2D eigenvalue weighted by Crippen LogP contribution is 2.25. The van der Waals surface area contributed by atoms with Crippen LogP contribution >= 0.6 is 0 Å². The quantitative estimate of drug-likeness (QED) is 0.900. The molecule has 0 radical (unpaired) electrons. The maximum atomic E-state index is 13.5. The van der Waals surface area contributed by atoms with Crippen molar-refractivity contribution in [1.82, 2.24) is 19.9 Å². The summed E-state index contributed by atoms with van der Waals surface area (Å²) in [7, 11) is 0. The Morgan fingerprint density at radius 3 is 2.89 bits per heavy atom. The monoisotopic (exact) mass is 264 g/mol. The van der Waals surface area contributed by atoms with Gasteiger partial charge < -0.3 is 5.11 Å². The summed E-state index contributed by atoms with van der Waals surface area (Å²) in [4.78, 5) is 13.2. The number of nitrogens with zero attached hydrogens (tertiary/aromatic N) is 4. The van der Waals surface area contributed by atoms with Gasteiger partial charge in [0.1, 0.15) is 11.3 Å². The van der Waals surface area contributed by atoms with E-state index >= 15 is 0 Å². The van der Waals surface area contributed by atoms with Gasteiger partial charge in [-0.15, -0.1) is 5.10 Å². The molecule has 0 saturated carbocycles.